The van der Waals surface area contributed by atoms with E-state index in [-0.39, 0.29) is 0 Å². The summed E-state index contributed by atoms with van der Waals surface area (Å²) in [5, 5.41) is 4.07. The monoisotopic (exact) mass is 195 g/mol. The van der Waals surface area contributed by atoms with E-state index in [0.717, 1.165) is 19.3 Å². The Morgan fingerprint density at radius 3 is 2.93 bits per heavy atom. The minimum absolute atomic E-state index is 0.335. The molecule has 0 bridgehead atoms. The Morgan fingerprint density at radius 1 is 1.64 bits per heavy atom. The number of rotatable bonds is 4. The van der Waals surface area contributed by atoms with Crippen LogP contribution in [0.2, 0.25) is 0 Å². The van der Waals surface area contributed by atoms with Gasteiger partial charge in [-0.05, 0) is 31.8 Å². The zero-order chi connectivity index (χ0) is 10.6. The second-order valence-electron chi connectivity index (χ2n) is 4.04. The van der Waals surface area contributed by atoms with E-state index in [4.69, 9.17) is 5.73 Å². The molecule has 0 saturated heterocycles. The molecule has 1 rings (SSSR count). The molecule has 0 aromatic carbocycles. The summed E-state index contributed by atoms with van der Waals surface area (Å²) in [5.74, 6) is 0.459. The Morgan fingerprint density at radius 2 is 2.36 bits per heavy atom. The minimum Gasteiger partial charge on any atom is -0.328 e. The third-order valence-corrected chi connectivity index (χ3v) is 2.87. The van der Waals surface area contributed by atoms with Gasteiger partial charge in [-0.2, -0.15) is 5.10 Å². The maximum atomic E-state index is 5.90. The molecule has 80 valence electrons. The fraction of sp³-hybridized carbons (Fsp3) is 0.727. The highest BCUT2D eigenvalue weighted by Crippen LogP contribution is 2.21. The van der Waals surface area contributed by atoms with Crippen LogP contribution in [-0.2, 0) is 0 Å². The van der Waals surface area contributed by atoms with Crippen LogP contribution in [0.4, 0.5) is 0 Å². The van der Waals surface area contributed by atoms with Gasteiger partial charge in [0.05, 0.1) is 0 Å². The Hall–Kier alpha value is -0.830. The second-order valence-corrected chi connectivity index (χ2v) is 4.04. The molecule has 2 unspecified atom stereocenters. The molecule has 14 heavy (non-hydrogen) atoms. The third-order valence-electron chi connectivity index (χ3n) is 2.87. The van der Waals surface area contributed by atoms with E-state index >= 15 is 0 Å². The van der Waals surface area contributed by atoms with E-state index < -0.39 is 0 Å². The summed E-state index contributed by atoms with van der Waals surface area (Å²) < 4.78 is 0. The first-order valence-electron chi connectivity index (χ1n) is 5.39. The Labute approximate surface area is 86.4 Å². The average molecular weight is 195 g/mol. The van der Waals surface area contributed by atoms with Gasteiger partial charge in [-0.3, -0.25) is 5.43 Å². The molecule has 3 nitrogen and oxygen atoms in total. The number of allylic oxidation sites excluding steroid dienone is 2. The van der Waals surface area contributed by atoms with E-state index in [9.17, 15) is 0 Å². The quantitative estimate of drug-likeness (QED) is 0.721. The molecule has 0 radical (unpaired) electrons. The maximum Gasteiger partial charge on any atom is 0.0316 e. The first-order chi connectivity index (χ1) is 6.65. The molecular weight excluding hydrogens is 174 g/mol. The van der Waals surface area contributed by atoms with Gasteiger partial charge in [0.1, 0.15) is 0 Å². The highest BCUT2D eigenvalue weighted by molar-refractivity contribution is 5.66. The van der Waals surface area contributed by atoms with Crippen LogP contribution in [0.3, 0.4) is 0 Å². The van der Waals surface area contributed by atoms with Crippen molar-refractivity contribution in [2.45, 2.75) is 46.1 Å². The summed E-state index contributed by atoms with van der Waals surface area (Å²) in [6.45, 7) is 6.40. The maximum absolute atomic E-state index is 5.90. The van der Waals surface area contributed by atoms with Crippen LogP contribution >= 0.6 is 0 Å². The SMILES string of the molecule is CCC(N)CCC1=C(C)NN=CC1C. The molecule has 0 aliphatic carbocycles. The van der Waals surface area contributed by atoms with Gasteiger partial charge < -0.3 is 5.73 Å². The fourth-order valence-corrected chi connectivity index (χ4v) is 1.71. The lowest BCUT2D eigenvalue weighted by molar-refractivity contribution is 0.573. The lowest BCUT2D eigenvalue weighted by Crippen LogP contribution is -2.22. The van der Waals surface area contributed by atoms with E-state index in [0.29, 0.717) is 12.0 Å². The molecule has 0 aromatic rings. The van der Waals surface area contributed by atoms with Crippen molar-refractivity contribution in [1.29, 1.82) is 0 Å². The number of nitrogens with zero attached hydrogens (tertiary/aromatic N) is 1. The van der Waals surface area contributed by atoms with E-state index in [2.05, 4.69) is 31.3 Å². The van der Waals surface area contributed by atoms with Crippen LogP contribution in [0.25, 0.3) is 0 Å². The Kier molecular flexibility index (Phi) is 4.14. The molecule has 0 fully saturated rings. The number of nitrogens with one attached hydrogen (secondary N) is 1. The van der Waals surface area contributed by atoms with Crippen molar-refractivity contribution in [3.05, 3.63) is 11.3 Å². The summed E-state index contributed by atoms with van der Waals surface area (Å²) in [7, 11) is 0. The van der Waals surface area contributed by atoms with E-state index in [1.807, 2.05) is 6.21 Å². The van der Waals surface area contributed by atoms with Gasteiger partial charge in [0, 0.05) is 23.9 Å². The van der Waals surface area contributed by atoms with Crippen molar-refractivity contribution in [2.75, 3.05) is 0 Å². The van der Waals surface area contributed by atoms with E-state index in [1.54, 1.807) is 0 Å². The van der Waals surface area contributed by atoms with Crippen molar-refractivity contribution in [3.63, 3.8) is 0 Å². The number of hydrogen-bond donors (Lipinski definition) is 2. The highest BCUT2D eigenvalue weighted by atomic mass is 15.3. The van der Waals surface area contributed by atoms with Gasteiger partial charge in [0.25, 0.3) is 0 Å². The van der Waals surface area contributed by atoms with Gasteiger partial charge in [-0.15, -0.1) is 0 Å². The molecule has 0 amide bonds. The van der Waals surface area contributed by atoms with Crippen molar-refractivity contribution in [3.8, 4) is 0 Å². The molecule has 1 aliphatic heterocycles. The predicted molar refractivity (Wildman–Crippen MR) is 61.0 cm³/mol. The van der Waals surface area contributed by atoms with Gasteiger partial charge in [-0.25, -0.2) is 0 Å². The summed E-state index contributed by atoms with van der Waals surface area (Å²) >= 11 is 0. The largest absolute Gasteiger partial charge is 0.328 e. The molecule has 3 heteroatoms. The van der Waals surface area contributed by atoms with Crippen LogP contribution in [0.15, 0.2) is 16.4 Å². The van der Waals surface area contributed by atoms with Crippen molar-refractivity contribution in [2.24, 2.45) is 16.8 Å². The van der Waals surface area contributed by atoms with Crippen LogP contribution in [0.1, 0.15) is 40.0 Å². The molecule has 2 atom stereocenters. The first-order valence-corrected chi connectivity index (χ1v) is 5.39. The first kappa shape index (κ1) is 11.2. The van der Waals surface area contributed by atoms with Crippen molar-refractivity contribution >= 4 is 6.21 Å². The van der Waals surface area contributed by atoms with Crippen molar-refractivity contribution < 1.29 is 0 Å². The molecule has 1 heterocycles. The molecule has 0 saturated carbocycles. The lowest BCUT2D eigenvalue weighted by atomic mass is 9.93. The minimum atomic E-state index is 0.335. The molecule has 0 aromatic heterocycles. The number of hydrazone groups is 1. The number of hydrogen-bond acceptors (Lipinski definition) is 3. The molecule has 0 spiro atoms. The fourth-order valence-electron chi connectivity index (χ4n) is 1.71. The Bertz CT molecular complexity index is 243. The normalized spacial score (nSPS) is 23.6. The van der Waals surface area contributed by atoms with Crippen LogP contribution in [-0.4, -0.2) is 12.3 Å². The topological polar surface area (TPSA) is 50.4 Å². The molecule has 3 N–H and O–H groups in total. The molecular formula is C11H21N3. The second kappa shape index (κ2) is 5.15. The summed E-state index contributed by atoms with van der Waals surface area (Å²) in [6, 6.07) is 0.335. The van der Waals surface area contributed by atoms with Gasteiger partial charge >= 0.3 is 0 Å². The highest BCUT2D eigenvalue weighted by Gasteiger charge is 2.14. The van der Waals surface area contributed by atoms with Crippen molar-refractivity contribution in [1.82, 2.24) is 5.43 Å². The van der Waals surface area contributed by atoms with Gasteiger partial charge in [-0.1, -0.05) is 13.8 Å². The summed E-state index contributed by atoms with van der Waals surface area (Å²) in [4.78, 5) is 0. The Balaban J connectivity index is 2.50. The van der Waals surface area contributed by atoms with Gasteiger partial charge in [0.15, 0.2) is 0 Å². The van der Waals surface area contributed by atoms with Crippen LogP contribution in [0, 0.1) is 5.92 Å². The van der Waals surface area contributed by atoms with E-state index in [1.165, 1.54) is 11.3 Å². The summed E-state index contributed by atoms with van der Waals surface area (Å²) in [6.07, 6.45) is 5.17. The zero-order valence-electron chi connectivity index (χ0n) is 9.38. The molecule has 1 aliphatic rings. The summed E-state index contributed by atoms with van der Waals surface area (Å²) in [5.41, 5.74) is 11.6. The zero-order valence-corrected chi connectivity index (χ0v) is 9.38. The predicted octanol–water partition coefficient (Wildman–Crippen LogP) is 2.00. The van der Waals surface area contributed by atoms with Crippen LogP contribution < -0.4 is 11.2 Å². The smallest absolute Gasteiger partial charge is 0.0316 e. The van der Waals surface area contributed by atoms with Gasteiger partial charge in [0.2, 0.25) is 0 Å². The lowest BCUT2D eigenvalue weighted by Gasteiger charge is -2.21. The standard InChI is InChI=1S/C11H21N3/c1-4-10(12)5-6-11-8(2)7-13-14-9(11)3/h7-8,10,14H,4-6,12H2,1-3H3. The third kappa shape index (κ3) is 2.84. The van der Waals surface area contributed by atoms with Crippen LogP contribution in [0.5, 0.6) is 0 Å². The number of nitrogens with two attached hydrogens (primary N) is 1. The average Bonchev–Trinajstić information content (AvgIpc) is 2.16.